The third-order valence-electron chi connectivity index (χ3n) is 3.45. The number of hydrogen-bond acceptors (Lipinski definition) is 4. The average Bonchev–Trinajstić information content (AvgIpc) is 2.76. The number of esters is 1. The summed E-state index contributed by atoms with van der Waals surface area (Å²) in [6.45, 7) is 0.672. The van der Waals surface area contributed by atoms with Gasteiger partial charge < -0.3 is 14.5 Å². The Morgan fingerprint density at radius 2 is 2.47 bits per heavy atom. The lowest BCUT2D eigenvalue weighted by Crippen LogP contribution is -2.40. The maximum atomic E-state index is 11.3. The molecular formula is C13H19NO3. The van der Waals surface area contributed by atoms with Gasteiger partial charge in [-0.3, -0.25) is 4.79 Å². The number of hydrogen-bond donors (Lipinski definition) is 1. The zero-order valence-electron chi connectivity index (χ0n) is 10.1. The van der Waals surface area contributed by atoms with E-state index in [2.05, 4.69) is 5.32 Å². The smallest absolute Gasteiger partial charge is 0.307 e. The maximum absolute atomic E-state index is 11.3. The van der Waals surface area contributed by atoms with E-state index in [0.717, 1.165) is 5.76 Å². The van der Waals surface area contributed by atoms with Gasteiger partial charge in [-0.2, -0.15) is 0 Å². The topological polar surface area (TPSA) is 51.5 Å². The van der Waals surface area contributed by atoms with Crippen molar-refractivity contribution in [2.24, 2.45) is 5.92 Å². The first-order chi connectivity index (χ1) is 8.29. The summed E-state index contributed by atoms with van der Waals surface area (Å²) in [6, 6.07) is 4.01. The second-order valence-corrected chi connectivity index (χ2v) is 4.54. The van der Waals surface area contributed by atoms with Gasteiger partial charge in [-0.05, 0) is 30.9 Å². The molecule has 4 nitrogen and oxygen atoms in total. The highest BCUT2D eigenvalue weighted by Crippen LogP contribution is 2.31. The van der Waals surface area contributed by atoms with E-state index in [-0.39, 0.29) is 12.0 Å². The zero-order valence-corrected chi connectivity index (χ0v) is 10.1. The first-order valence-electron chi connectivity index (χ1n) is 6.12. The van der Waals surface area contributed by atoms with Gasteiger partial charge >= 0.3 is 5.97 Å². The van der Waals surface area contributed by atoms with Crippen molar-refractivity contribution in [2.75, 3.05) is 7.11 Å². The molecule has 4 heteroatoms. The summed E-state index contributed by atoms with van der Waals surface area (Å²) in [4.78, 5) is 11.3. The van der Waals surface area contributed by atoms with Crippen molar-refractivity contribution in [2.45, 2.75) is 38.3 Å². The molecule has 1 saturated carbocycles. The standard InChI is InChI=1S/C13H19NO3/c1-16-13(15)8-12(10-4-2-5-10)14-9-11-6-3-7-17-11/h3,6-7,10,12,14H,2,4-5,8-9H2,1H3. The van der Waals surface area contributed by atoms with Crippen molar-refractivity contribution in [3.8, 4) is 0 Å². The van der Waals surface area contributed by atoms with Crippen LogP contribution in [0.5, 0.6) is 0 Å². The molecule has 1 fully saturated rings. The Morgan fingerprint density at radius 1 is 1.65 bits per heavy atom. The Bertz CT molecular complexity index is 344. The molecule has 17 heavy (non-hydrogen) atoms. The lowest BCUT2D eigenvalue weighted by atomic mass is 9.78. The van der Waals surface area contributed by atoms with E-state index >= 15 is 0 Å². The molecule has 0 saturated heterocycles. The van der Waals surface area contributed by atoms with Crippen LogP contribution in [0.15, 0.2) is 22.8 Å². The normalized spacial score (nSPS) is 17.5. The first kappa shape index (κ1) is 12.2. The molecule has 2 rings (SSSR count). The van der Waals surface area contributed by atoms with Crippen molar-refractivity contribution in [1.29, 1.82) is 0 Å². The second kappa shape index (κ2) is 5.87. The lowest BCUT2D eigenvalue weighted by Gasteiger charge is -2.33. The van der Waals surface area contributed by atoms with Crippen molar-refractivity contribution >= 4 is 5.97 Å². The SMILES string of the molecule is COC(=O)CC(NCc1ccco1)C1CCC1. The number of nitrogens with one attached hydrogen (secondary N) is 1. The van der Waals surface area contributed by atoms with Crippen molar-refractivity contribution in [1.82, 2.24) is 5.32 Å². The van der Waals surface area contributed by atoms with Crippen LogP contribution in [0.25, 0.3) is 0 Å². The van der Waals surface area contributed by atoms with Crippen LogP contribution < -0.4 is 5.32 Å². The molecule has 0 spiro atoms. The molecule has 94 valence electrons. The lowest BCUT2D eigenvalue weighted by molar-refractivity contribution is -0.141. The van der Waals surface area contributed by atoms with Crippen LogP contribution in [0.2, 0.25) is 0 Å². The van der Waals surface area contributed by atoms with E-state index in [1.165, 1.54) is 26.4 Å². The highest BCUT2D eigenvalue weighted by molar-refractivity contribution is 5.70. The third kappa shape index (κ3) is 3.33. The highest BCUT2D eigenvalue weighted by Gasteiger charge is 2.29. The summed E-state index contributed by atoms with van der Waals surface area (Å²) in [5.41, 5.74) is 0. The van der Waals surface area contributed by atoms with Crippen LogP contribution >= 0.6 is 0 Å². The third-order valence-corrected chi connectivity index (χ3v) is 3.45. The quantitative estimate of drug-likeness (QED) is 0.770. The molecule has 0 aromatic carbocycles. The minimum absolute atomic E-state index is 0.145. The van der Waals surface area contributed by atoms with Gasteiger partial charge in [0.25, 0.3) is 0 Å². The van der Waals surface area contributed by atoms with Gasteiger partial charge in [-0.15, -0.1) is 0 Å². The van der Waals surface area contributed by atoms with Crippen molar-refractivity contribution < 1.29 is 13.9 Å². The molecule has 0 amide bonds. The van der Waals surface area contributed by atoms with Gasteiger partial charge in [0.15, 0.2) is 0 Å². The number of ether oxygens (including phenoxy) is 1. The van der Waals surface area contributed by atoms with Crippen LogP contribution in [0, 0.1) is 5.92 Å². The molecule has 1 aromatic rings. The van der Waals surface area contributed by atoms with Gasteiger partial charge in [0.1, 0.15) is 5.76 Å². The van der Waals surface area contributed by atoms with E-state index < -0.39 is 0 Å². The van der Waals surface area contributed by atoms with Crippen LogP contribution in [0.1, 0.15) is 31.4 Å². The Kier molecular flexibility index (Phi) is 4.20. The predicted octanol–water partition coefficient (Wildman–Crippen LogP) is 2.10. The summed E-state index contributed by atoms with van der Waals surface area (Å²) in [5.74, 6) is 1.36. The Labute approximate surface area is 101 Å². The maximum Gasteiger partial charge on any atom is 0.307 e. The largest absolute Gasteiger partial charge is 0.469 e. The number of rotatable bonds is 6. The molecule has 1 aromatic heterocycles. The molecule has 1 unspecified atom stereocenters. The fourth-order valence-corrected chi connectivity index (χ4v) is 2.16. The minimum Gasteiger partial charge on any atom is -0.469 e. The number of furan rings is 1. The van der Waals surface area contributed by atoms with Gasteiger partial charge in [0, 0.05) is 6.04 Å². The first-order valence-corrected chi connectivity index (χ1v) is 6.12. The molecule has 1 aliphatic carbocycles. The zero-order chi connectivity index (χ0) is 12.1. The number of methoxy groups -OCH3 is 1. The second-order valence-electron chi connectivity index (χ2n) is 4.54. The summed E-state index contributed by atoms with van der Waals surface area (Å²) < 4.78 is 10.0. The monoisotopic (exact) mass is 237 g/mol. The summed E-state index contributed by atoms with van der Waals surface area (Å²) in [5, 5.41) is 3.39. The number of carbonyl (C=O) groups is 1. The highest BCUT2D eigenvalue weighted by atomic mass is 16.5. The van der Waals surface area contributed by atoms with E-state index in [9.17, 15) is 4.79 Å². The molecule has 0 aliphatic heterocycles. The van der Waals surface area contributed by atoms with Gasteiger partial charge in [0.2, 0.25) is 0 Å². The molecule has 1 aliphatic rings. The van der Waals surface area contributed by atoms with Crippen LogP contribution in [-0.4, -0.2) is 19.1 Å². The Hall–Kier alpha value is -1.29. The fraction of sp³-hybridized carbons (Fsp3) is 0.615. The van der Waals surface area contributed by atoms with Crippen molar-refractivity contribution in [3.63, 3.8) is 0 Å². The van der Waals surface area contributed by atoms with Crippen molar-refractivity contribution in [3.05, 3.63) is 24.2 Å². The number of carbonyl (C=O) groups excluding carboxylic acids is 1. The summed E-state index contributed by atoms with van der Waals surface area (Å²) >= 11 is 0. The van der Waals surface area contributed by atoms with Crippen LogP contribution in [-0.2, 0) is 16.1 Å². The van der Waals surface area contributed by atoms with Crippen LogP contribution in [0.4, 0.5) is 0 Å². The Morgan fingerprint density at radius 3 is 3.00 bits per heavy atom. The van der Waals surface area contributed by atoms with Gasteiger partial charge in [0.05, 0.1) is 26.3 Å². The Balaban J connectivity index is 1.84. The molecular weight excluding hydrogens is 218 g/mol. The van der Waals surface area contributed by atoms with E-state index in [0.29, 0.717) is 18.9 Å². The molecule has 0 radical (unpaired) electrons. The molecule has 1 N–H and O–H groups in total. The fourth-order valence-electron chi connectivity index (χ4n) is 2.16. The minimum atomic E-state index is -0.145. The van der Waals surface area contributed by atoms with Crippen LogP contribution in [0.3, 0.4) is 0 Å². The van der Waals surface area contributed by atoms with E-state index in [1.54, 1.807) is 6.26 Å². The predicted molar refractivity (Wildman–Crippen MR) is 63.3 cm³/mol. The van der Waals surface area contributed by atoms with E-state index in [1.807, 2.05) is 12.1 Å². The van der Waals surface area contributed by atoms with Gasteiger partial charge in [-0.1, -0.05) is 6.42 Å². The average molecular weight is 237 g/mol. The molecule has 0 bridgehead atoms. The molecule has 1 atom stereocenters. The summed E-state index contributed by atoms with van der Waals surface area (Å²) in [7, 11) is 1.44. The van der Waals surface area contributed by atoms with E-state index in [4.69, 9.17) is 9.15 Å². The summed E-state index contributed by atoms with van der Waals surface area (Å²) in [6.07, 6.45) is 5.78. The van der Waals surface area contributed by atoms with Gasteiger partial charge in [-0.25, -0.2) is 0 Å². The molecule has 1 heterocycles.